The fourth-order valence-electron chi connectivity index (χ4n) is 1.55. The van der Waals surface area contributed by atoms with Crippen LogP contribution in [0.5, 0.6) is 0 Å². The number of carbonyl (C=O) groups excluding carboxylic acids is 2. The minimum absolute atomic E-state index is 0.134. The summed E-state index contributed by atoms with van der Waals surface area (Å²) in [5.74, 6) is -0.662. The maximum atomic E-state index is 11.7. The van der Waals surface area contributed by atoms with Crippen LogP contribution in [0.4, 0.5) is 4.79 Å². The molecule has 1 atom stereocenters. The van der Waals surface area contributed by atoms with E-state index >= 15 is 0 Å². The first-order chi connectivity index (χ1) is 9.31. The third-order valence-corrected chi connectivity index (χ3v) is 2.40. The summed E-state index contributed by atoms with van der Waals surface area (Å²) in [6, 6.07) is -1.23. The van der Waals surface area contributed by atoms with Crippen molar-refractivity contribution in [3.05, 3.63) is 0 Å². The zero-order valence-electron chi connectivity index (χ0n) is 11.8. The highest BCUT2D eigenvalue weighted by atomic mass is 35.5. The van der Waals surface area contributed by atoms with E-state index < -0.39 is 30.0 Å². The van der Waals surface area contributed by atoms with Gasteiger partial charge in [-0.1, -0.05) is 11.6 Å². The van der Waals surface area contributed by atoms with E-state index in [-0.39, 0.29) is 12.5 Å². The van der Waals surface area contributed by atoms with Gasteiger partial charge >= 0.3 is 12.1 Å². The largest absolute Gasteiger partial charge is 0.448 e. The van der Waals surface area contributed by atoms with Crippen molar-refractivity contribution in [3.8, 4) is 0 Å². The van der Waals surface area contributed by atoms with Gasteiger partial charge in [-0.25, -0.2) is 9.59 Å². The monoisotopic (exact) mass is 309 g/mol. The molecular formula is C12H20ClNO6. The van der Waals surface area contributed by atoms with Crippen molar-refractivity contribution < 1.29 is 28.5 Å². The minimum atomic E-state index is -0.938. The highest BCUT2D eigenvalue weighted by Gasteiger charge is 2.30. The van der Waals surface area contributed by atoms with E-state index in [1.807, 2.05) is 0 Å². The Hall–Kier alpha value is -1.05. The number of alkyl carbamates (subject to hydrolysis) is 1. The molecule has 1 amide bonds. The summed E-state index contributed by atoms with van der Waals surface area (Å²) in [7, 11) is 0. The van der Waals surface area contributed by atoms with Crippen LogP contribution in [0.25, 0.3) is 0 Å². The van der Waals surface area contributed by atoms with E-state index in [1.54, 1.807) is 20.8 Å². The number of ether oxygens (including phenoxy) is 4. The third-order valence-electron chi connectivity index (χ3n) is 2.29. The number of nitrogens with one attached hydrogen (secondary N) is 1. The van der Waals surface area contributed by atoms with Crippen molar-refractivity contribution in [1.29, 1.82) is 0 Å². The number of carbonyl (C=O) groups is 2. The SMILES string of the molecule is CC(C)(C)OC(=O)NC(CC1OCCO1)C(=O)OCCl. The van der Waals surface area contributed by atoms with Crippen LogP contribution in [-0.2, 0) is 23.7 Å². The Morgan fingerprint density at radius 3 is 2.45 bits per heavy atom. The fourth-order valence-corrected chi connectivity index (χ4v) is 1.66. The van der Waals surface area contributed by atoms with Crippen LogP contribution in [0, 0.1) is 0 Å². The normalized spacial score (nSPS) is 17.6. The zero-order valence-corrected chi connectivity index (χ0v) is 12.6. The molecule has 1 N–H and O–H groups in total. The second-order valence-electron chi connectivity index (χ2n) is 5.18. The maximum absolute atomic E-state index is 11.7. The highest BCUT2D eigenvalue weighted by Crippen LogP contribution is 2.13. The number of amides is 1. The number of esters is 1. The molecule has 0 aromatic heterocycles. The van der Waals surface area contributed by atoms with Crippen LogP contribution in [0.2, 0.25) is 0 Å². The summed E-state index contributed by atoms with van der Waals surface area (Å²) in [6.07, 6.45) is -1.14. The van der Waals surface area contributed by atoms with E-state index in [0.717, 1.165) is 0 Å². The minimum Gasteiger partial charge on any atom is -0.448 e. The first-order valence-electron chi connectivity index (χ1n) is 6.27. The van der Waals surface area contributed by atoms with Gasteiger partial charge in [-0.2, -0.15) is 0 Å². The molecule has 20 heavy (non-hydrogen) atoms. The number of halogens is 1. The molecule has 1 aliphatic heterocycles. The number of hydrogen-bond donors (Lipinski definition) is 1. The molecule has 0 radical (unpaired) electrons. The Kier molecular flexibility index (Phi) is 6.51. The lowest BCUT2D eigenvalue weighted by molar-refractivity contribution is -0.147. The molecule has 1 fully saturated rings. The average molecular weight is 310 g/mol. The van der Waals surface area contributed by atoms with Crippen LogP contribution < -0.4 is 5.32 Å². The van der Waals surface area contributed by atoms with Crippen molar-refractivity contribution >= 4 is 23.7 Å². The molecule has 7 nitrogen and oxygen atoms in total. The summed E-state index contributed by atoms with van der Waals surface area (Å²) >= 11 is 5.35. The molecule has 1 unspecified atom stereocenters. The van der Waals surface area contributed by atoms with Crippen LogP contribution in [-0.4, -0.2) is 49.3 Å². The van der Waals surface area contributed by atoms with Gasteiger partial charge in [0.15, 0.2) is 12.4 Å². The Morgan fingerprint density at radius 2 is 1.95 bits per heavy atom. The quantitative estimate of drug-likeness (QED) is 0.610. The van der Waals surface area contributed by atoms with E-state index in [1.165, 1.54) is 0 Å². The molecule has 1 heterocycles. The summed E-state index contributed by atoms with van der Waals surface area (Å²) < 4.78 is 20.3. The molecule has 8 heteroatoms. The predicted octanol–water partition coefficient (Wildman–Crippen LogP) is 1.38. The molecule has 1 aliphatic rings. The molecule has 1 saturated heterocycles. The van der Waals surface area contributed by atoms with Gasteiger partial charge in [0, 0.05) is 6.42 Å². The predicted molar refractivity (Wildman–Crippen MR) is 70.3 cm³/mol. The zero-order chi connectivity index (χ0) is 15.2. The second-order valence-corrected chi connectivity index (χ2v) is 5.40. The van der Waals surface area contributed by atoms with Crippen molar-refractivity contribution in [2.24, 2.45) is 0 Å². The van der Waals surface area contributed by atoms with Crippen LogP contribution in [0.3, 0.4) is 0 Å². The van der Waals surface area contributed by atoms with Crippen molar-refractivity contribution in [1.82, 2.24) is 5.32 Å². The van der Waals surface area contributed by atoms with Crippen LogP contribution >= 0.6 is 11.6 Å². The molecule has 0 bridgehead atoms. The number of rotatable bonds is 5. The maximum Gasteiger partial charge on any atom is 0.408 e. The van der Waals surface area contributed by atoms with Crippen LogP contribution in [0.1, 0.15) is 27.2 Å². The molecule has 0 saturated carbocycles. The topological polar surface area (TPSA) is 83.1 Å². The molecule has 0 aromatic carbocycles. The van der Waals surface area contributed by atoms with Gasteiger partial charge < -0.3 is 24.3 Å². The lowest BCUT2D eigenvalue weighted by Gasteiger charge is -2.23. The van der Waals surface area contributed by atoms with Gasteiger partial charge in [0.25, 0.3) is 0 Å². The number of hydrogen-bond acceptors (Lipinski definition) is 6. The van der Waals surface area contributed by atoms with Crippen LogP contribution in [0.15, 0.2) is 0 Å². The van der Waals surface area contributed by atoms with Gasteiger partial charge in [0.1, 0.15) is 11.6 Å². The van der Waals surface area contributed by atoms with E-state index in [4.69, 9.17) is 30.5 Å². The summed E-state index contributed by atoms with van der Waals surface area (Å²) in [5.41, 5.74) is -0.661. The van der Waals surface area contributed by atoms with Gasteiger partial charge in [-0.05, 0) is 20.8 Å². The molecule has 0 spiro atoms. The Balaban J connectivity index is 2.56. The fraction of sp³-hybridized carbons (Fsp3) is 0.833. The Bertz CT molecular complexity index is 337. The molecular weight excluding hydrogens is 290 g/mol. The lowest BCUT2D eigenvalue weighted by Crippen LogP contribution is -2.46. The van der Waals surface area contributed by atoms with Crippen molar-refractivity contribution in [2.45, 2.75) is 45.1 Å². The Morgan fingerprint density at radius 1 is 1.35 bits per heavy atom. The third kappa shape index (κ3) is 6.40. The molecule has 0 aliphatic carbocycles. The first kappa shape index (κ1) is 17.0. The first-order valence-corrected chi connectivity index (χ1v) is 6.80. The highest BCUT2D eigenvalue weighted by molar-refractivity contribution is 6.17. The van der Waals surface area contributed by atoms with Crippen molar-refractivity contribution in [2.75, 3.05) is 19.3 Å². The van der Waals surface area contributed by atoms with Gasteiger partial charge in [-0.15, -0.1) is 0 Å². The standard InChI is InChI=1S/C12H20ClNO6/c1-12(2,3)20-11(16)14-8(10(15)19-7-13)6-9-17-4-5-18-9/h8-9H,4-7H2,1-3H3,(H,14,16). The van der Waals surface area contributed by atoms with Gasteiger partial charge in [0.2, 0.25) is 0 Å². The lowest BCUT2D eigenvalue weighted by atomic mass is 10.2. The van der Waals surface area contributed by atoms with Crippen molar-refractivity contribution in [3.63, 3.8) is 0 Å². The molecule has 0 aromatic rings. The van der Waals surface area contributed by atoms with E-state index in [9.17, 15) is 9.59 Å². The van der Waals surface area contributed by atoms with E-state index in [2.05, 4.69) is 5.32 Å². The number of alkyl halides is 1. The summed E-state index contributed by atoms with van der Waals surface area (Å²) in [4.78, 5) is 23.4. The molecule has 116 valence electrons. The summed E-state index contributed by atoms with van der Waals surface area (Å²) in [6.45, 7) is 6.08. The van der Waals surface area contributed by atoms with E-state index in [0.29, 0.717) is 13.2 Å². The van der Waals surface area contributed by atoms with Gasteiger partial charge in [0.05, 0.1) is 13.2 Å². The summed E-state index contributed by atoms with van der Waals surface area (Å²) in [5, 5.41) is 2.43. The van der Waals surface area contributed by atoms with Gasteiger partial charge in [-0.3, -0.25) is 0 Å². The Labute approximate surface area is 122 Å². The second kappa shape index (κ2) is 7.66. The molecule has 1 rings (SSSR count). The average Bonchev–Trinajstić information content (AvgIpc) is 2.78. The smallest absolute Gasteiger partial charge is 0.408 e.